The minimum Gasteiger partial charge on any atom is -0.381 e. The standard InChI is InChI=1S/C15H31NO2/c1-4-6-15-11-14(7-10-18-15)16-8-5-9-17-12-13(2)3/h13-16H,4-12H2,1-3H3. The quantitative estimate of drug-likeness (QED) is 0.644. The lowest BCUT2D eigenvalue weighted by atomic mass is 10.00. The van der Waals surface area contributed by atoms with Crippen molar-refractivity contribution in [1.82, 2.24) is 5.32 Å². The van der Waals surface area contributed by atoms with Gasteiger partial charge in [0.1, 0.15) is 0 Å². The van der Waals surface area contributed by atoms with Crippen LogP contribution in [0.1, 0.15) is 52.9 Å². The molecule has 108 valence electrons. The smallest absolute Gasteiger partial charge is 0.0589 e. The highest BCUT2D eigenvalue weighted by atomic mass is 16.5. The maximum Gasteiger partial charge on any atom is 0.0589 e. The largest absolute Gasteiger partial charge is 0.381 e. The highest BCUT2D eigenvalue weighted by Crippen LogP contribution is 2.17. The highest BCUT2D eigenvalue weighted by Gasteiger charge is 2.20. The maximum absolute atomic E-state index is 5.76. The van der Waals surface area contributed by atoms with Crippen LogP contribution in [0.2, 0.25) is 0 Å². The van der Waals surface area contributed by atoms with Crippen LogP contribution in [0, 0.1) is 5.92 Å². The van der Waals surface area contributed by atoms with Crippen LogP contribution in [0.4, 0.5) is 0 Å². The predicted molar refractivity (Wildman–Crippen MR) is 75.9 cm³/mol. The first-order valence-corrected chi connectivity index (χ1v) is 7.65. The Bertz CT molecular complexity index is 195. The van der Waals surface area contributed by atoms with Gasteiger partial charge in [0.25, 0.3) is 0 Å². The van der Waals surface area contributed by atoms with Crippen molar-refractivity contribution in [3.8, 4) is 0 Å². The number of nitrogens with one attached hydrogen (secondary N) is 1. The van der Waals surface area contributed by atoms with E-state index in [-0.39, 0.29) is 0 Å². The summed E-state index contributed by atoms with van der Waals surface area (Å²) >= 11 is 0. The molecule has 3 heteroatoms. The lowest BCUT2D eigenvalue weighted by Gasteiger charge is -2.30. The van der Waals surface area contributed by atoms with Gasteiger partial charge in [0.15, 0.2) is 0 Å². The summed E-state index contributed by atoms with van der Waals surface area (Å²) < 4.78 is 11.3. The third kappa shape index (κ3) is 7.34. The highest BCUT2D eigenvalue weighted by molar-refractivity contribution is 4.76. The van der Waals surface area contributed by atoms with Crippen molar-refractivity contribution in [3.05, 3.63) is 0 Å². The Morgan fingerprint density at radius 3 is 2.94 bits per heavy atom. The summed E-state index contributed by atoms with van der Waals surface area (Å²) in [5.41, 5.74) is 0. The van der Waals surface area contributed by atoms with E-state index in [0.29, 0.717) is 18.1 Å². The van der Waals surface area contributed by atoms with Crippen LogP contribution in [-0.4, -0.2) is 38.5 Å². The lowest BCUT2D eigenvalue weighted by Crippen LogP contribution is -2.39. The van der Waals surface area contributed by atoms with Crippen LogP contribution in [0.15, 0.2) is 0 Å². The van der Waals surface area contributed by atoms with E-state index in [9.17, 15) is 0 Å². The van der Waals surface area contributed by atoms with Gasteiger partial charge in [-0.1, -0.05) is 27.2 Å². The molecule has 18 heavy (non-hydrogen) atoms. The zero-order valence-corrected chi connectivity index (χ0v) is 12.4. The molecule has 0 aromatic rings. The van der Waals surface area contributed by atoms with E-state index in [0.717, 1.165) is 39.2 Å². The Morgan fingerprint density at radius 2 is 2.22 bits per heavy atom. The van der Waals surface area contributed by atoms with E-state index >= 15 is 0 Å². The fourth-order valence-electron chi connectivity index (χ4n) is 2.39. The van der Waals surface area contributed by atoms with Crippen molar-refractivity contribution in [1.29, 1.82) is 0 Å². The first-order valence-electron chi connectivity index (χ1n) is 7.65. The molecule has 0 aliphatic carbocycles. The molecule has 1 aliphatic heterocycles. The third-order valence-corrected chi connectivity index (χ3v) is 3.33. The lowest BCUT2D eigenvalue weighted by molar-refractivity contribution is -0.00348. The molecule has 0 amide bonds. The molecule has 0 saturated carbocycles. The van der Waals surface area contributed by atoms with Gasteiger partial charge in [-0.3, -0.25) is 0 Å². The van der Waals surface area contributed by atoms with Crippen LogP contribution in [0.3, 0.4) is 0 Å². The molecule has 1 rings (SSSR count). The fourth-order valence-corrected chi connectivity index (χ4v) is 2.39. The van der Waals surface area contributed by atoms with Crippen molar-refractivity contribution >= 4 is 0 Å². The van der Waals surface area contributed by atoms with Crippen molar-refractivity contribution < 1.29 is 9.47 Å². The van der Waals surface area contributed by atoms with Gasteiger partial charge in [0.05, 0.1) is 6.10 Å². The average Bonchev–Trinajstić information content (AvgIpc) is 2.34. The van der Waals surface area contributed by atoms with E-state index in [1.54, 1.807) is 0 Å². The van der Waals surface area contributed by atoms with Crippen molar-refractivity contribution in [2.24, 2.45) is 5.92 Å². The van der Waals surface area contributed by atoms with E-state index in [1.807, 2.05) is 0 Å². The van der Waals surface area contributed by atoms with E-state index in [1.165, 1.54) is 19.3 Å². The summed E-state index contributed by atoms with van der Waals surface area (Å²) in [7, 11) is 0. The van der Waals surface area contributed by atoms with Crippen molar-refractivity contribution in [3.63, 3.8) is 0 Å². The monoisotopic (exact) mass is 257 g/mol. The third-order valence-electron chi connectivity index (χ3n) is 3.33. The van der Waals surface area contributed by atoms with Gasteiger partial charge in [-0.05, 0) is 38.1 Å². The molecule has 1 N–H and O–H groups in total. The zero-order valence-electron chi connectivity index (χ0n) is 12.4. The summed E-state index contributed by atoms with van der Waals surface area (Å²) in [6.07, 6.45) is 6.37. The first-order chi connectivity index (χ1) is 8.72. The van der Waals surface area contributed by atoms with Gasteiger partial charge < -0.3 is 14.8 Å². The summed E-state index contributed by atoms with van der Waals surface area (Å²) in [5.74, 6) is 0.642. The second-order valence-corrected chi connectivity index (χ2v) is 5.78. The van der Waals surface area contributed by atoms with Crippen molar-refractivity contribution in [2.45, 2.75) is 65.0 Å². The molecular weight excluding hydrogens is 226 g/mol. The Labute approximate surface area is 113 Å². The molecule has 1 aliphatic rings. The Hall–Kier alpha value is -0.120. The fraction of sp³-hybridized carbons (Fsp3) is 1.00. The molecule has 3 nitrogen and oxygen atoms in total. The van der Waals surface area contributed by atoms with Gasteiger partial charge in [-0.2, -0.15) is 0 Å². The van der Waals surface area contributed by atoms with E-state index < -0.39 is 0 Å². The van der Waals surface area contributed by atoms with E-state index in [4.69, 9.17) is 9.47 Å². The molecular formula is C15H31NO2. The zero-order chi connectivity index (χ0) is 13.2. The minimum atomic E-state index is 0.485. The second kappa shape index (κ2) is 9.76. The maximum atomic E-state index is 5.76. The molecule has 2 unspecified atom stereocenters. The minimum absolute atomic E-state index is 0.485. The van der Waals surface area contributed by atoms with Gasteiger partial charge in [0, 0.05) is 25.9 Å². The molecule has 0 aromatic carbocycles. The Kier molecular flexibility index (Phi) is 8.64. The van der Waals surface area contributed by atoms with Gasteiger partial charge in [-0.25, -0.2) is 0 Å². The number of hydrogen-bond acceptors (Lipinski definition) is 3. The normalized spacial score (nSPS) is 24.7. The number of rotatable bonds is 9. The Morgan fingerprint density at radius 1 is 1.39 bits per heavy atom. The van der Waals surface area contributed by atoms with Crippen LogP contribution in [0.5, 0.6) is 0 Å². The average molecular weight is 257 g/mol. The molecule has 2 atom stereocenters. The molecule has 1 fully saturated rings. The van der Waals surface area contributed by atoms with Crippen LogP contribution in [0.25, 0.3) is 0 Å². The SMILES string of the molecule is CCCC1CC(NCCCOCC(C)C)CCO1. The number of ether oxygens (including phenoxy) is 2. The van der Waals surface area contributed by atoms with E-state index in [2.05, 4.69) is 26.1 Å². The summed E-state index contributed by atoms with van der Waals surface area (Å²) in [4.78, 5) is 0. The van der Waals surface area contributed by atoms with Gasteiger partial charge >= 0.3 is 0 Å². The summed E-state index contributed by atoms with van der Waals surface area (Å²) in [6, 6.07) is 0.653. The molecule has 0 aromatic heterocycles. The van der Waals surface area contributed by atoms with Crippen molar-refractivity contribution in [2.75, 3.05) is 26.4 Å². The second-order valence-electron chi connectivity index (χ2n) is 5.78. The first kappa shape index (κ1) is 15.9. The van der Waals surface area contributed by atoms with Crippen LogP contribution >= 0.6 is 0 Å². The summed E-state index contributed by atoms with van der Waals surface area (Å²) in [6.45, 7) is 10.4. The topological polar surface area (TPSA) is 30.5 Å². The predicted octanol–water partition coefficient (Wildman–Crippen LogP) is 2.99. The molecule has 1 saturated heterocycles. The molecule has 0 radical (unpaired) electrons. The Balaban J connectivity index is 1.98. The molecule has 0 bridgehead atoms. The molecule has 1 heterocycles. The van der Waals surface area contributed by atoms with Crippen LogP contribution < -0.4 is 5.32 Å². The van der Waals surface area contributed by atoms with Crippen LogP contribution in [-0.2, 0) is 9.47 Å². The van der Waals surface area contributed by atoms with Gasteiger partial charge in [0.2, 0.25) is 0 Å². The summed E-state index contributed by atoms with van der Waals surface area (Å²) in [5, 5.41) is 3.64. The van der Waals surface area contributed by atoms with Gasteiger partial charge in [-0.15, -0.1) is 0 Å². The molecule has 0 spiro atoms. The number of hydrogen-bond donors (Lipinski definition) is 1.